The maximum absolute atomic E-state index is 14.4. The van der Waals surface area contributed by atoms with E-state index in [4.69, 9.17) is 10.2 Å². The van der Waals surface area contributed by atoms with E-state index in [9.17, 15) is 4.39 Å². The maximum atomic E-state index is 14.4. The third kappa shape index (κ3) is 5.03. The molecule has 0 atom stereocenters. The van der Waals surface area contributed by atoms with E-state index >= 15 is 0 Å². The molecule has 3 N–H and O–H groups in total. The van der Waals surface area contributed by atoms with Gasteiger partial charge in [0.2, 0.25) is 0 Å². The number of nitrogens with one attached hydrogen (secondary N) is 1. The van der Waals surface area contributed by atoms with Crippen LogP contribution in [0.1, 0.15) is 26.3 Å². The molecule has 0 unspecified atom stereocenters. The monoisotopic (exact) mass is 285 g/mol. The van der Waals surface area contributed by atoms with Gasteiger partial charge >= 0.3 is 0 Å². The zero-order valence-corrected chi connectivity index (χ0v) is 12.4. The fourth-order valence-electron chi connectivity index (χ4n) is 1.75. The largest absolute Gasteiger partial charge is 0.395 e. The van der Waals surface area contributed by atoms with Crippen LogP contribution in [0.25, 0.3) is 0 Å². The van der Waals surface area contributed by atoms with Gasteiger partial charge in [0.15, 0.2) is 11.6 Å². The van der Waals surface area contributed by atoms with Crippen molar-refractivity contribution in [3.8, 4) is 0 Å². The Bertz CT molecular complexity index is 415. The summed E-state index contributed by atoms with van der Waals surface area (Å²) in [6, 6.07) is 1.63. The average Bonchev–Trinajstić information content (AvgIpc) is 2.36. The minimum atomic E-state index is -0.411. The van der Waals surface area contributed by atoms with Gasteiger partial charge in [0.1, 0.15) is 0 Å². The summed E-state index contributed by atoms with van der Waals surface area (Å²) in [5.74, 6) is -0.243. The van der Waals surface area contributed by atoms with E-state index in [0.29, 0.717) is 12.1 Å². The van der Waals surface area contributed by atoms with Crippen molar-refractivity contribution < 1.29 is 14.6 Å². The van der Waals surface area contributed by atoms with Crippen molar-refractivity contribution in [2.45, 2.75) is 32.9 Å². The molecule has 20 heavy (non-hydrogen) atoms. The molecule has 1 aromatic heterocycles. The first-order valence-electron chi connectivity index (χ1n) is 6.74. The highest BCUT2D eigenvalue weighted by Gasteiger charge is 2.17. The van der Waals surface area contributed by atoms with Gasteiger partial charge in [-0.1, -0.05) is 0 Å². The Hall–Kier alpha value is -1.24. The normalized spacial score (nSPS) is 11.7. The Kier molecular flexibility index (Phi) is 6.32. The summed E-state index contributed by atoms with van der Waals surface area (Å²) >= 11 is 0. The molecule has 5 nitrogen and oxygen atoms in total. The van der Waals surface area contributed by atoms with Gasteiger partial charge in [-0.25, -0.2) is 9.37 Å². The van der Waals surface area contributed by atoms with E-state index in [1.807, 2.05) is 20.8 Å². The van der Waals surface area contributed by atoms with Crippen molar-refractivity contribution in [1.29, 1.82) is 0 Å². The van der Waals surface area contributed by atoms with E-state index in [-0.39, 0.29) is 37.7 Å². The fourth-order valence-corrected chi connectivity index (χ4v) is 1.75. The van der Waals surface area contributed by atoms with E-state index in [0.717, 1.165) is 0 Å². The lowest BCUT2D eigenvalue weighted by Gasteiger charge is -2.24. The van der Waals surface area contributed by atoms with E-state index in [1.54, 1.807) is 12.3 Å². The van der Waals surface area contributed by atoms with Gasteiger partial charge in [0.05, 0.1) is 13.2 Å². The SMILES string of the molecule is CC(C)(C)NCc1ccnc(N(CCO)CCO)c1F. The van der Waals surface area contributed by atoms with Gasteiger partial charge in [-0.05, 0) is 26.8 Å². The standard InChI is InChI=1S/C14H24FN3O2/c1-14(2,3)17-10-11-4-5-16-13(12(11)15)18(6-8-19)7-9-20/h4-5,17,19-20H,6-10H2,1-3H3. The van der Waals surface area contributed by atoms with Crippen molar-refractivity contribution in [2.75, 3.05) is 31.2 Å². The molecule has 1 aromatic rings. The first-order chi connectivity index (χ1) is 9.39. The molecule has 0 spiro atoms. The van der Waals surface area contributed by atoms with Crippen LogP contribution >= 0.6 is 0 Å². The Morgan fingerprint density at radius 1 is 1.25 bits per heavy atom. The second-order valence-electron chi connectivity index (χ2n) is 5.65. The number of hydrogen-bond donors (Lipinski definition) is 3. The molecule has 0 aromatic carbocycles. The van der Waals surface area contributed by atoms with Crippen LogP contribution in [0.5, 0.6) is 0 Å². The predicted molar refractivity (Wildman–Crippen MR) is 77.2 cm³/mol. The molecule has 0 saturated carbocycles. The number of hydrogen-bond acceptors (Lipinski definition) is 5. The second-order valence-corrected chi connectivity index (χ2v) is 5.65. The first-order valence-corrected chi connectivity index (χ1v) is 6.74. The second kappa shape index (κ2) is 7.52. The van der Waals surface area contributed by atoms with Crippen LogP contribution < -0.4 is 10.2 Å². The van der Waals surface area contributed by atoms with Crippen molar-refractivity contribution in [2.24, 2.45) is 0 Å². The van der Waals surface area contributed by atoms with Crippen LogP contribution in [0.3, 0.4) is 0 Å². The minimum absolute atomic E-state index is 0.105. The van der Waals surface area contributed by atoms with Gasteiger partial charge in [0.25, 0.3) is 0 Å². The number of nitrogens with zero attached hydrogens (tertiary/aromatic N) is 2. The summed E-state index contributed by atoms with van der Waals surface area (Å²) in [7, 11) is 0. The zero-order chi connectivity index (χ0) is 15.2. The smallest absolute Gasteiger partial charge is 0.170 e. The summed E-state index contributed by atoms with van der Waals surface area (Å²) in [5, 5.41) is 21.2. The van der Waals surface area contributed by atoms with Crippen molar-refractivity contribution in [1.82, 2.24) is 10.3 Å². The third-order valence-electron chi connectivity index (χ3n) is 2.80. The van der Waals surface area contributed by atoms with Crippen molar-refractivity contribution in [3.05, 3.63) is 23.6 Å². The molecule has 114 valence electrons. The number of aliphatic hydroxyl groups excluding tert-OH is 2. The minimum Gasteiger partial charge on any atom is -0.395 e. The summed E-state index contributed by atoms with van der Waals surface area (Å²) in [6.45, 7) is 6.67. The molecular weight excluding hydrogens is 261 g/mol. The number of halogens is 1. The van der Waals surface area contributed by atoms with E-state index in [2.05, 4.69) is 10.3 Å². The van der Waals surface area contributed by atoms with Crippen LogP contribution in [-0.4, -0.2) is 47.0 Å². The van der Waals surface area contributed by atoms with Gasteiger partial charge in [-0.3, -0.25) is 0 Å². The summed E-state index contributed by atoms with van der Waals surface area (Å²) in [4.78, 5) is 5.56. The number of pyridine rings is 1. The lowest BCUT2D eigenvalue weighted by Crippen LogP contribution is -2.36. The molecule has 1 heterocycles. The highest BCUT2D eigenvalue weighted by molar-refractivity contribution is 5.43. The maximum Gasteiger partial charge on any atom is 0.170 e. The number of anilines is 1. The van der Waals surface area contributed by atoms with Crippen molar-refractivity contribution >= 4 is 5.82 Å². The molecule has 0 saturated heterocycles. The molecule has 0 aliphatic rings. The Morgan fingerprint density at radius 2 is 1.85 bits per heavy atom. The number of aliphatic hydroxyl groups is 2. The number of aromatic nitrogens is 1. The van der Waals surface area contributed by atoms with Gasteiger partial charge in [0, 0.05) is 36.9 Å². The molecule has 1 rings (SSSR count). The highest BCUT2D eigenvalue weighted by Crippen LogP contribution is 2.19. The zero-order valence-electron chi connectivity index (χ0n) is 12.4. The van der Waals surface area contributed by atoms with Crippen molar-refractivity contribution in [3.63, 3.8) is 0 Å². The Balaban J connectivity index is 2.92. The summed E-state index contributed by atoms with van der Waals surface area (Å²) < 4.78 is 14.4. The lowest BCUT2D eigenvalue weighted by molar-refractivity contribution is 0.280. The van der Waals surface area contributed by atoms with Crippen LogP contribution in [0, 0.1) is 5.82 Å². The molecule has 0 bridgehead atoms. The molecule has 0 radical (unpaired) electrons. The van der Waals surface area contributed by atoms with Crippen LogP contribution in [0.4, 0.5) is 10.2 Å². The molecular formula is C14H24FN3O2. The predicted octanol–water partition coefficient (Wildman–Crippen LogP) is 0.900. The quantitative estimate of drug-likeness (QED) is 0.694. The Morgan fingerprint density at radius 3 is 2.35 bits per heavy atom. The fraction of sp³-hybridized carbons (Fsp3) is 0.643. The molecule has 0 aliphatic heterocycles. The molecule has 0 fully saturated rings. The van der Waals surface area contributed by atoms with Crippen LogP contribution in [0.15, 0.2) is 12.3 Å². The van der Waals surface area contributed by atoms with Gasteiger partial charge < -0.3 is 20.4 Å². The first kappa shape index (κ1) is 16.8. The van der Waals surface area contributed by atoms with Gasteiger partial charge in [-0.2, -0.15) is 0 Å². The molecule has 0 aliphatic carbocycles. The Labute approximate surface area is 119 Å². The summed E-state index contributed by atoms with van der Waals surface area (Å²) in [5.41, 5.74) is 0.414. The van der Waals surface area contributed by atoms with Crippen LogP contribution in [0.2, 0.25) is 0 Å². The lowest BCUT2D eigenvalue weighted by atomic mass is 10.1. The van der Waals surface area contributed by atoms with Crippen LogP contribution in [-0.2, 0) is 6.54 Å². The topological polar surface area (TPSA) is 68.6 Å². The molecule has 0 amide bonds. The van der Waals surface area contributed by atoms with E-state index < -0.39 is 5.82 Å². The average molecular weight is 285 g/mol. The van der Waals surface area contributed by atoms with E-state index in [1.165, 1.54) is 4.90 Å². The third-order valence-corrected chi connectivity index (χ3v) is 2.80. The number of rotatable bonds is 7. The molecule has 6 heteroatoms. The highest BCUT2D eigenvalue weighted by atomic mass is 19.1. The summed E-state index contributed by atoms with van der Waals surface area (Å²) in [6.07, 6.45) is 1.54. The van der Waals surface area contributed by atoms with Gasteiger partial charge in [-0.15, -0.1) is 0 Å².